The maximum atomic E-state index is 12.5. The molecule has 0 radical (unpaired) electrons. The summed E-state index contributed by atoms with van der Waals surface area (Å²) in [7, 11) is 0. The highest BCUT2D eigenvalue weighted by molar-refractivity contribution is 6.07. The standard InChI is InChI=1S/C18H16N2O2/c21-17(19-9-10-19)15-7-3-1-5-13(15)14-6-2-4-8-16(14)18(22)20-11-12-20/h1-8H,9-12H2. The van der Waals surface area contributed by atoms with Crippen molar-refractivity contribution in [3.8, 4) is 11.1 Å². The van der Waals surface area contributed by atoms with Gasteiger partial charge in [0.25, 0.3) is 11.8 Å². The molecule has 4 rings (SSSR count). The first-order chi connectivity index (χ1) is 10.8. The minimum atomic E-state index is 0.0459. The first-order valence-electron chi connectivity index (χ1n) is 7.53. The zero-order valence-corrected chi connectivity index (χ0v) is 12.2. The largest absolute Gasteiger partial charge is 0.335 e. The molecule has 2 amide bonds. The Morgan fingerprint density at radius 1 is 0.636 bits per heavy atom. The molecule has 2 fully saturated rings. The number of carbonyl (C=O) groups excluding carboxylic acids is 2. The molecule has 0 unspecified atom stereocenters. The van der Waals surface area contributed by atoms with Gasteiger partial charge >= 0.3 is 0 Å². The Bertz CT molecular complexity index is 696. The van der Waals surface area contributed by atoms with Crippen LogP contribution in [-0.4, -0.2) is 47.8 Å². The summed E-state index contributed by atoms with van der Waals surface area (Å²) in [6.07, 6.45) is 0. The molecule has 2 aliphatic rings. The molecule has 0 bridgehead atoms. The van der Waals surface area contributed by atoms with Crippen LogP contribution < -0.4 is 0 Å². The Morgan fingerprint density at radius 2 is 1.00 bits per heavy atom. The van der Waals surface area contributed by atoms with Crippen LogP contribution >= 0.6 is 0 Å². The fourth-order valence-corrected chi connectivity index (χ4v) is 2.66. The molecule has 2 aliphatic heterocycles. The first kappa shape index (κ1) is 13.1. The van der Waals surface area contributed by atoms with Gasteiger partial charge in [0.15, 0.2) is 0 Å². The predicted octanol–water partition coefficient (Wildman–Crippen LogP) is 2.27. The van der Waals surface area contributed by atoms with Crippen molar-refractivity contribution in [1.29, 1.82) is 0 Å². The van der Waals surface area contributed by atoms with Crippen LogP contribution in [0.15, 0.2) is 48.5 Å². The maximum Gasteiger partial charge on any atom is 0.254 e. The minimum Gasteiger partial charge on any atom is -0.335 e. The van der Waals surface area contributed by atoms with Crippen molar-refractivity contribution in [2.45, 2.75) is 0 Å². The van der Waals surface area contributed by atoms with E-state index in [1.54, 1.807) is 9.80 Å². The third-order valence-corrected chi connectivity index (χ3v) is 4.07. The summed E-state index contributed by atoms with van der Waals surface area (Å²) in [5.41, 5.74) is 3.02. The minimum absolute atomic E-state index is 0.0459. The monoisotopic (exact) mass is 292 g/mol. The number of benzene rings is 2. The molecule has 2 heterocycles. The lowest BCUT2D eigenvalue weighted by molar-refractivity contribution is 0.0876. The van der Waals surface area contributed by atoms with Crippen LogP contribution in [0.5, 0.6) is 0 Å². The van der Waals surface area contributed by atoms with Gasteiger partial charge in [-0.15, -0.1) is 0 Å². The molecule has 0 N–H and O–H groups in total. The molecule has 2 aromatic rings. The Labute approximate surface area is 129 Å². The summed E-state index contributed by atoms with van der Waals surface area (Å²) in [5, 5.41) is 0. The van der Waals surface area contributed by atoms with Gasteiger partial charge in [-0.1, -0.05) is 36.4 Å². The van der Waals surface area contributed by atoms with Gasteiger partial charge in [0, 0.05) is 37.3 Å². The van der Waals surface area contributed by atoms with Crippen molar-refractivity contribution in [2.75, 3.05) is 26.2 Å². The van der Waals surface area contributed by atoms with Gasteiger partial charge in [-0.3, -0.25) is 9.59 Å². The fraction of sp³-hybridized carbons (Fsp3) is 0.222. The molecule has 22 heavy (non-hydrogen) atoms. The molecule has 4 heteroatoms. The van der Waals surface area contributed by atoms with Crippen molar-refractivity contribution in [3.63, 3.8) is 0 Å². The van der Waals surface area contributed by atoms with Crippen molar-refractivity contribution in [3.05, 3.63) is 59.7 Å². The average Bonchev–Trinajstić information content (AvgIpc) is 3.45. The van der Waals surface area contributed by atoms with Gasteiger partial charge in [0.2, 0.25) is 0 Å². The quantitative estimate of drug-likeness (QED) is 0.814. The molecule has 0 aliphatic carbocycles. The van der Waals surface area contributed by atoms with Crippen molar-refractivity contribution in [1.82, 2.24) is 9.80 Å². The summed E-state index contributed by atoms with van der Waals surface area (Å²) in [4.78, 5) is 28.5. The van der Waals surface area contributed by atoms with Crippen molar-refractivity contribution in [2.24, 2.45) is 0 Å². The topological polar surface area (TPSA) is 40.2 Å². The Kier molecular flexibility index (Phi) is 2.96. The second kappa shape index (κ2) is 4.98. The summed E-state index contributed by atoms with van der Waals surface area (Å²) in [6, 6.07) is 15.1. The molecule has 110 valence electrons. The van der Waals surface area contributed by atoms with Crippen LogP contribution in [0.2, 0.25) is 0 Å². The average molecular weight is 292 g/mol. The number of hydrogen-bond donors (Lipinski definition) is 0. The van der Waals surface area contributed by atoms with Crippen LogP contribution in [0.25, 0.3) is 11.1 Å². The van der Waals surface area contributed by atoms with Gasteiger partial charge in [-0.2, -0.15) is 0 Å². The number of nitrogens with zero attached hydrogens (tertiary/aromatic N) is 2. The number of rotatable bonds is 3. The lowest BCUT2D eigenvalue weighted by Gasteiger charge is -2.13. The lowest BCUT2D eigenvalue weighted by atomic mass is 9.94. The van der Waals surface area contributed by atoms with Gasteiger partial charge in [0.05, 0.1) is 0 Å². The second-order valence-electron chi connectivity index (χ2n) is 5.68. The van der Waals surface area contributed by atoms with Gasteiger partial charge < -0.3 is 9.80 Å². The van der Waals surface area contributed by atoms with E-state index in [1.807, 2.05) is 48.5 Å². The fourth-order valence-electron chi connectivity index (χ4n) is 2.66. The van der Waals surface area contributed by atoms with Crippen LogP contribution in [0.3, 0.4) is 0 Å². The predicted molar refractivity (Wildman–Crippen MR) is 83.7 cm³/mol. The Morgan fingerprint density at radius 3 is 1.36 bits per heavy atom. The molecule has 2 aromatic carbocycles. The van der Waals surface area contributed by atoms with E-state index in [2.05, 4.69) is 0 Å². The zero-order chi connectivity index (χ0) is 15.1. The number of amides is 2. The van der Waals surface area contributed by atoms with Crippen LogP contribution in [0.1, 0.15) is 20.7 Å². The summed E-state index contributed by atoms with van der Waals surface area (Å²) in [6.45, 7) is 3.28. The van der Waals surface area contributed by atoms with Crippen molar-refractivity contribution < 1.29 is 9.59 Å². The summed E-state index contributed by atoms with van der Waals surface area (Å²) >= 11 is 0. The highest BCUT2D eigenvalue weighted by atomic mass is 16.2. The molecular formula is C18H16N2O2. The van der Waals surface area contributed by atoms with E-state index < -0.39 is 0 Å². The molecule has 0 aromatic heterocycles. The van der Waals surface area contributed by atoms with E-state index in [-0.39, 0.29) is 11.8 Å². The lowest BCUT2D eigenvalue weighted by Crippen LogP contribution is -2.14. The third-order valence-electron chi connectivity index (χ3n) is 4.07. The first-order valence-corrected chi connectivity index (χ1v) is 7.53. The summed E-state index contributed by atoms with van der Waals surface area (Å²) < 4.78 is 0. The van der Waals surface area contributed by atoms with E-state index in [9.17, 15) is 9.59 Å². The van der Waals surface area contributed by atoms with E-state index in [1.165, 1.54) is 0 Å². The highest BCUT2D eigenvalue weighted by Crippen LogP contribution is 2.30. The van der Waals surface area contributed by atoms with Gasteiger partial charge in [-0.25, -0.2) is 0 Å². The molecule has 2 saturated heterocycles. The van der Waals surface area contributed by atoms with Gasteiger partial charge in [0.1, 0.15) is 0 Å². The Hall–Kier alpha value is -2.62. The third kappa shape index (κ3) is 2.26. The Balaban J connectivity index is 1.82. The number of hydrogen-bond acceptors (Lipinski definition) is 2. The molecule has 0 spiro atoms. The summed E-state index contributed by atoms with van der Waals surface area (Å²) in [5.74, 6) is 0.0918. The van der Waals surface area contributed by atoms with Crippen LogP contribution in [0.4, 0.5) is 0 Å². The van der Waals surface area contributed by atoms with Crippen molar-refractivity contribution >= 4 is 11.8 Å². The SMILES string of the molecule is O=C(c1ccccc1-c1ccccc1C(=O)N1CC1)N1CC1. The smallest absolute Gasteiger partial charge is 0.254 e. The highest BCUT2D eigenvalue weighted by Gasteiger charge is 2.30. The van der Waals surface area contributed by atoms with Crippen LogP contribution in [0, 0.1) is 0 Å². The van der Waals surface area contributed by atoms with E-state index >= 15 is 0 Å². The van der Waals surface area contributed by atoms with E-state index in [4.69, 9.17) is 0 Å². The maximum absolute atomic E-state index is 12.5. The van der Waals surface area contributed by atoms with Gasteiger partial charge in [-0.05, 0) is 23.3 Å². The molecule has 0 saturated carbocycles. The number of carbonyl (C=O) groups is 2. The normalized spacial score (nSPS) is 15.6. The molecule has 4 nitrogen and oxygen atoms in total. The second-order valence-corrected chi connectivity index (χ2v) is 5.68. The van der Waals surface area contributed by atoms with E-state index in [0.29, 0.717) is 11.1 Å². The van der Waals surface area contributed by atoms with E-state index in [0.717, 1.165) is 37.3 Å². The zero-order valence-electron chi connectivity index (χ0n) is 12.2. The molecular weight excluding hydrogens is 276 g/mol. The molecule has 0 atom stereocenters. The van der Waals surface area contributed by atoms with Crippen LogP contribution in [-0.2, 0) is 0 Å².